The zero-order chi connectivity index (χ0) is 12.4. The highest BCUT2D eigenvalue weighted by molar-refractivity contribution is 5.74. The number of aliphatic carboxylic acids is 1. The van der Waals surface area contributed by atoms with Gasteiger partial charge in [-0.05, 0) is 23.1 Å². The highest BCUT2D eigenvalue weighted by Crippen LogP contribution is 2.20. The van der Waals surface area contributed by atoms with Gasteiger partial charge in [-0.3, -0.25) is 9.59 Å². The number of hydrogen-bond acceptors (Lipinski definition) is 2. The number of rotatable bonds is 2. The highest BCUT2D eigenvalue weighted by Gasteiger charge is 2.18. The van der Waals surface area contributed by atoms with Gasteiger partial charge >= 0.3 is 5.97 Å². The van der Waals surface area contributed by atoms with E-state index in [2.05, 4.69) is 0 Å². The van der Waals surface area contributed by atoms with Crippen molar-refractivity contribution in [1.29, 1.82) is 0 Å². The molecule has 0 spiro atoms. The highest BCUT2D eigenvalue weighted by atomic mass is 16.4. The molecular formula is C13H15NO3. The molecule has 17 heavy (non-hydrogen) atoms. The Labute approximate surface area is 99.9 Å². The quantitative estimate of drug-likeness (QED) is 0.835. The standard InChI is InChI=1S/C13H15NO3/c1-9(15)14-5-4-11-3-2-10(7-13(16)17)6-12(11)8-14/h2-3,6H,4-5,7-8H2,1H3,(H,16,17). The third-order valence-corrected chi connectivity index (χ3v) is 3.08. The van der Waals surface area contributed by atoms with E-state index >= 15 is 0 Å². The molecule has 1 aliphatic rings. The summed E-state index contributed by atoms with van der Waals surface area (Å²) in [6.45, 7) is 2.91. The maximum absolute atomic E-state index is 11.3. The molecule has 0 unspecified atom stereocenters. The van der Waals surface area contributed by atoms with Gasteiger partial charge in [-0.25, -0.2) is 0 Å². The molecule has 4 nitrogen and oxygen atoms in total. The molecule has 4 heteroatoms. The van der Waals surface area contributed by atoms with Gasteiger partial charge in [0.2, 0.25) is 5.91 Å². The first-order valence-corrected chi connectivity index (χ1v) is 5.64. The largest absolute Gasteiger partial charge is 0.481 e. The molecule has 1 aliphatic heterocycles. The monoisotopic (exact) mass is 233 g/mol. The van der Waals surface area contributed by atoms with Crippen molar-refractivity contribution in [1.82, 2.24) is 4.90 Å². The van der Waals surface area contributed by atoms with Crippen molar-refractivity contribution in [3.63, 3.8) is 0 Å². The van der Waals surface area contributed by atoms with Gasteiger partial charge in [0, 0.05) is 20.0 Å². The van der Waals surface area contributed by atoms with E-state index in [4.69, 9.17) is 5.11 Å². The Morgan fingerprint density at radius 1 is 1.35 bits per heavy atom. The van der Waals surface area contributed by atoms with E-state index in [9.17, 15) is 9.59 Å². The van der Waals surface area contributed by atoms with Gasteiger partial charge in [0.1, 0.15) is 0 Å². The SMILES string of the molecule is CC(=O)N1CCc2ccc(CC(=O)O)cc2C1. The van der Waals surface area contributed by atoms with Crippen LogP contribution >= 0.6 is 0 Å². The van der Waals surface area contributed by atoms with Crippen LogP contribution in [0.1, 0.15) is 23.6 Å². The van der Waals surface area contributed by atoms with E-state index < -0.39 is 5.97 Å². The molecule has 1 amide bonds. The fraction of sp³-hybridized carbons (Fsp3) is 0.385. The Bertz CT molecular complexity index is 468. The number of carbonyl (C=O) groups is 2. The normalized spacial score (nSPS) is 14.3. The van der Waals surface area contributed by atoms with Crippen LogP contribution in [-0.4, -0.2) is 28.4 Å². The molecule has 0 fully saturated rings. The van der Waals surface area contributed by atoms with E-state index in [0.717, 1.165) is 24.1 Å². The van der Waals surface area contributed by atoms with Crippen LogP contribution in [0.15, 0.2) is 18.2 Å². The van der Waals surface area contributed by atoms with Crippen molar-refractivity contribution in [2.24, 2.45) is 0 Å². The summed E-state index contributed by atoms with van der Waals surface area (Å²) in [7, 11) is 0. The van der Waals surface area contributed by atoms with E-state index in [1.54, 1.807) is 11.8 Å². The average molecular weight is 233 g/mol. The fourth-order valence-corrected chi connectivity index (χ4v) is 2.16. The number of carbonyl (C=O) groups excluding carboxylic acids is 1. The Hall–Kier alpha value is -1.84. The predicted octanol–water partition coefficient (Wildman–Crippen LogP) is 1.22. The van der Waals surface area contributed by atoms with Gasteiger partial charge in [-0.2, -0.15) is 0 Å². The minimum atomic E-state index is -0.829. The number of carboxylic acids is 1. The number of fused-ring (bicyclic) bond motifs is 1. The van der Waals surface area contributed by atoms with E-state index in [1.165, 1.54) is 5.56 Å². The summed E-state index contributed by atoms with van der Waals surface area (Å²) in [4.78, 5) is 23.7. The molecule has 1 aromatic rings. The smallest absolute Gasteiger partial charge is 0.307 e. The van der Waals surface area contributed by atoms with Gasteiger partial charge in [0.25, 0.3) is 0 Å². The molecule has 1 aromatic carbocycles. The maximum Gasteiger partial charge on any atom is 0.307 e. The molecule has 0 saturated carbocycles. The Morgan fingerprint density at radius 3 is 2.76 bits per heavy atom. The summed E-state index contributed by atoms with van der Waals surface area (Å²) in [5, 5.41) is 8.75. The van der Waals surface area contributed by atoms with Crippen LogP contribution in [0.2, 0.25) is 0 Å². The molecule has 0 radical (unpaired) electrons. The molecule has 90 valence electrons. The second-order valence-electron chi connectivity index (χ2n) is 4.36. The Morgan fingerprint density at radius 2 is 2.12 bits per heavy atom. The first-order chi connectivity index (χ1) is 8.06. The average Bonchev–Trinajstić information content (AvgIpc) is 2.27. The van der Waals surface area contributed by atoms with Crippen LogP contribution in [0.3, 0.4) is 0 Å². The minimum absolute atomic E-state index is 0.0351. The molecule has 0 atom stereocenters. The first kappa shape index (κ1) is 11.6. The van der Waals surface area contributed by atoms with E-state index in [-0.39, 0.29) is 12.3 Å². The van der Waals surface area contributed by atoms with Crippen LogP contribution in [0.4, 0.5) is 0 Å². The number of hydrogen-bond donors (Lipinski definition) is 1. The summed E-state index contributed by atoms with van der Waals surface area (Å²) in [5.74, 6) is -0.761. The molecule has 0 aliphatic carbocycles. The number of benzene rings is 1. The Kier molecular flexibility index (Phi) is 3.13. The zero-order valence-electron chi connectivity index (χ0n) is 9.77. The van der Waals surface area contributed by atoms with Crippen molar-refractivity contribution >= 4 is 11.9 Å². The zero-order valence-corrected chi connectivity index (χ0v) is 9.77. The third kappa shape index (κ3) is 2.64. The van der Waals surface area contributed by atoms with Crippen molar-refractivity contribution in [2.45, 2.75) is 26.3 Å². The van der Waals surface area contributed by atoms with Crippen molar-refractivity contribution < 1.29 is 14.7 Å². The number of carboxylic acid groups (broad SMARTS) is 1. The molecule has 0 saturated heterocycles. The minimum Gasteiger partial charge on any atom is -0.481 e. The lowest BCUT2D eigenvalue weighted by atomic mass is 9.96. The van der Waals surface area contributed by atoms with Crippen LogP contribution in [-0.2, 0) is 29.0 Å². The predicted molar refractivity (Wildman–Crippen MR) is 62.6 cm³/mol. The summed E-state index contributed by atoms with van der Waals surface area (Å²) in [6, 6.07) is 5.74. The topological polar surface area (TPSA) is 57.6 Å². The lowest BCUT2D eigenvalue weighted by Crippen LogP contribution is -2.34. The molecule has 1 heterocycles. The summed E-state index contributed by atoms with van der Waals surface area (Å²) < 4.78 is 0. The molecule has 2 rings (SSSR count). The van der Waals surface area contributed by atoms with Crippen LogP contribution in [0, 0.1) is 0 Å². The summed E-state index contributed by atoms with van der Waals surface area (Å²) in [6.07, 6.45) is 0.885. The van der Waals surface area contributed by atoms with Crippen molar-refractivity contribution in [3.8, 4) is 0 Å². The first-order valence-electron chi connectivity index (χ1n) is 5.64. The number of amides is 1. The van der Waals surface area contributed by atoms with Crippen LogP contribution < -0.4 is 0 Å². The van der Waals surface area contributed by atoms with Gasteiger partial charge in [0.15, 0.2) is 0 Å². The lowest BCUT2D eigenvalue weighted by Gasteiger charge is -2.28. The van der Waals surface area contributed by atoms with Gasteiger partial charge in [0.05, 0.1) is 6.42 Å². The summed E-state index contributed by atoms with van der Waals surface area (Å²) >= 11 is 0. The van der Waals surface area contributed by atoms with Crippen LogP contribution in [0.25, 0.3) is 0 Å². The van der Waals surface area contributed by atoms with Crippen molar-refractivity contribution in [3.05, 3.63) is 34.9 Å². The van der Waals surface area contributed by atoms with E-state index in [1.807, 2.05) is 18.2 Å². The fourth-order valence-electron chi connectivity index (χ4n) is 2.16. The molecule has 1 N–H and O–H groups in total. The van der Waals surface area contributed by atoms with Crippen LogP contribution in [0.5, 0.6) is 0 Å². The van der Waals surface area contributed by atoms with Crippen molar-refractivity contribution in [2.75, 3.05) is 6.54 Å². The maximum atomic E-state index is 11.3. The molecule has 0 bridgehead atoms. The third-order valence-electron chi connectivity index (χ3n) is 3.08. The summed E-state index contributed by atoms with van der Waals surface area (Å²) in [5.41, 5.74) is 3.09. The van der Waals surface area contributed by atoms with E-state index in [0.29, 0.717) is 6.54 Å². The van der Waals surface area contributed by atoms with Gasteiger partial charge in [-0.15, -0.1) is 0 Å². The van der Waals surface area contributed by atoms with Gasteiger partial charge in [-0.1, -0.05) is 18.2 Å². The molecule has 0 aromatic heterocycles. The molecular weight excluding hydrogens is 218 g/mol. The lowest BCUT2D eigenvalue weighted by molar-refractivity contribution is -0.136. The van der Waals surface area contributed by atoms with Gasteiger partial charge < -0.3 is 10.0 Å². The second-order valence-corrected chi connectivity index (χ2v) is 4.36. The second kappa shape index (κ2) is 4.57. The number of nitrogens with zero attached hydrogens (tertiary/aromatic N) is 1. The Balaban J connectivity index is 2.22.